The molecular weight excluding hydrogens is 1940 g/mol. The molecule has 33 heteroatoms. The molecule has 28 nitrogen and oxygen atoms in total. The number of Topliss-reactive ketones (excluding diaryl/α,β-unsaturated/α-hetero) is 1. The van der Waals surface area contributed by atoms with E-state index in [0.29, 0.717) is 75.3 Å². The van der Waals surface area contributed by atoms with Crippen molar-refractivity contribution in [2.24, 2.45) is 118 Å². The van der Waals surface area contributed by atoms with Gasteiger partial charge in [0.2, 0.25) is 15.9 Å². The predicted octanol–water partition coefficient (Wildman–Crippen LogP) is 18.1. The van der Waals surface area contributed by atoms with E-state index in [1.165, 1.54) is 48.5 Å². The number of fused-ring (bicyclic) bond motifs is 8. The van der Waals surface area contributed by atoms with E-state index < -0.39 is 45.3 Å². The van der Waals surface area contributed by atoms with Crippen molar-refractivity contribution in [2.45, 2.75) is 184 Å². The van der Waals surface area contributed by atoms with Crippen molar-refractivity contribution in [3.8, 4) is 44.5 Å². The molecule has 9 N–H and O–H groups in total. The summed E-state index contributed by atoms with van der Waals surface area (Å²) in [4.78, 5) is 106. The third-order valence-electron chi connectivity index (χ3n) is 34.1. The fourth-order valence-corrected chi connectivity index (χ4v) is 29.7. The zero-order chi connectivity index (χ0) is 106. The molecule has 0 spiro atoms. The molecule has 3 aliphatic heterocycles. The molecule has 4 aromatic carbocycles. The van der Waals surface area contributed by atoms with Gasteiger partial charge in [0.15, 0.2) is 0 Å². The number of nitrogens with zero attached hydrogens (tertiary/aromatic N) is 5. The number of likely N-dealkylation sites (tertiary alicyclic amines) is 1. The number of ether oxygens (including phenoxy) is 5. The average Bonchev–Trinajstić information content (AvgIpc) is 1.57. The summed E-state index contributed by atoms with van der Waals surface area (Å²) < 4.78 is 109. The normalized spacial score (nSPS) is 31.2. The Labute approximate surface area is 873 Å². The summed E-state index contributed by atoms with van der Waals surface area (Å²) in [5.41, 5.74) is 9.48. The molecule has 28 atom stereocenters. The molecule has 150 heavy (non-hydrogen) atoms. The fraction of sp³-hybridized carbons (Fsp3) is 0.496. The second-order valence-electron chi connectivity index (χ2n) is 42.4. The van der Waals surface area contributed by atoms with Crippen LogP contribution in [0.25, 0.3) is 68.8 Å². The summed E-state index contributed by atoms with van der Waals surface area (Å²) in [5.74, 6) is 0.243. The van der Waals surface area contributed by atoms with Crippen molar-refractivity contribution in [2.75, 3.05) is 59.9 Å². The van der Waals surface area contributed by atoms with Gasteiger partial charge in [-0.2, -0.15) is 0 Å². The molecule has 9 aliphatic carbocycles. The molecule has 8 aromatic rings. The lowest BCUT2D eigenvalue weighted by Crippen LogP contribution is -2.50. The van der Waals surface area contributed by atoms with Gasteiger partial charge >= 0.3 is 30.3 Å². The Bertz CT molecular complexity index is 6090. The number of pyridine rings is 4. The maximum atomic E-state index is 13.6. The lowest BCUT2D eigenvalue weighted by atomic mass is 9.56. The van der Waals surface area contributed by atoms with Crippen molar-refractivity contribution in [3.05, 3.63) is 241 Å². The second kappa shape index (κ2) is 49.8. The van der Waals surface area contributed by atoms with Gasteiger partial charge in [-0.3, -0.25) is 34.3 Å². The smallest absolute Gasteiger partial charge is 0.407 e. The van der Waals surface area contributed by atoms with Crippen LogP contribution in [-0.4, -0.2) is 203 Å². The van der Waals surface area contributed by atoms with Crippen molar-refractivity contribution in [1.82, 2.24) is 50.8 Å². The quantitative estimate of drug-likeness (QED) is 0.0154. The van der Waals surface area contributed by atoms with E-state index in [0.717, 1.165) is 157 Å². The summed E-state index contributed by atoms with van der Waals surface area (Å²) in [6.07, 6.45) is 35.4. The number of hydrogen-bond acceptors (Lipinski definition) is 22. The Morgan fingerprint density at radius 1 is 0.400 bits per heavy atom. The van der Waals surface area contributed by atoms with E-state index in [2.05, 4.69) is 70.2 Å². The molecule has 0 radical (unpaired) electrons. The number of esters is 1. The molecule has 9 saturated carbocycles. The number of sulfonamides is 1. The number of rotatable bonds is 24. The first-order valence-corrected chi connectivity index (χ1v) is 54.9. The van der Waals surface area contributed by atoms with E-state index in [9.17, 15) is 80.0 Å². The van der Waals surface area contributed by atoms with Crippen molar-refractivity contribution >= 4 is 76.4 Å². The number of benzene rings is 4. The monoisotopic (exact) mass is 2080 g/mol. The number of carbonyl (C=O) groups excluding carboxylic acids is 7. The van der Waals surface area contributed by atoms with Gasteiger partial charge in [0.05, 0.1) is 92.7 Å². The number of nitrogens with one attached hydrogen (secondary N) is 5. The van der Waals surface area contributed by atoms with Crippen LogP contribution in [-0.2, 0) is 48.1 Å². The third kappa shape index (κ3) is 25.5. The van der Waals surface area contributed by atoms with Crippen LogP contribution in [0, 0.1) is 142 Å². The van der Waals surface area contributed by atoms with Gasteiger partial charge in [0, 0.05) is 115 Å². The van der Waals surface area contributed by atoms with E-state index in [1.807, 2.05) is 109 Å². The van der Waals surface area contributed by atoms with Crippen LogP contribution in [0.2, 0.25) is 0 Å². The van der Waals surface area contributed by atoms with E-state index in [4.69, 9.17) is 23.7 Å². The highest BCUT2D eigenvalue weighted by molar-refractivity contribution is 7.90. The summed E-state index contributed by atoms with van der Waals surface area (Å²) >= 11 is 0. The molecule has 3 saturated heterocycles. The number of aliphatic hydroxyl groups is 4. The van der Waals surface area contributed by atoms with Crippen molar-refractivity contribution in [1.29, 1.82) is 0 Å². The summed E-state index contributed by atoms with van der Waals surface area (Å²) in [7, 11) is -1.72. The summed E-state index contributed by atoms with van der Waals surface area (Å²) in [5, 5.41) is 51.6. The zero-order valence-corrected chi connectivity index (χ0v) is 86.1. The first kappa shape index (κ1) is 109. The van der Waals surface area contributed by atoms with Gasteiger partial charge in [-0.15, -0.1) is 0 Å². The highest BCUT2D eigenvalue weighted by atomic mass is 32.2. The van der Waals surface area contributed by atoms with E-state index in [1.54, 1.807) is 76.7 Å². The number of carbonyl (C=O) groups is 7. The SMILES string of the molecule is CCOC(=O)N[C@@H]1CC[C@@H]2[C@@H](C1)C[C@@H]1[C@H]([C@H]2/C=C/c2ccc(-c3cccc(F)c3)cn2)[C@@H](CO)C(=O)N1C.CCOC(=O)N[C@@H]1CC[C@@H]2[C@@H](C1)C[C@@H]1[C@H]([C@H]2/C=C/c2ccc(-c3cccc(F)c3)cn2)[C@@H](CO)NS1(=O)=O.CCOC(=O)N[C@@H]1CC[C@@H]2[C@@H](C1)C[C@H]1CC(=O)[C@H](CO)[C@H]1[C@H]2/C=C/c1ccc(-c2cccc(F)c2)cn1.CCOC(=O)N[C@@H]1CC[C@@H]2[C@@H](C1)C[C@H]1OC(=O)[C@H](CO)[C@H]1[C@H]2/C=C/c1ccc(-c2cccc(F)c2)cn1. The Kier molecular flexibility index (Phi) is 36.1. The number of alkyl carbamates (subject to hydrolysis) is 4. The third-order valence-corrected chi connectivity index (χ3v) is 36.0. The van der Waals surface area contributed by atoms with Gasteiger partial charge < -0.3 is 70.3 Å². The van der Waals surface area contributed by atoms with Gasteiger partial charge in [-0.05, 0) is 339 Å². The number of halogens is 4. The van der Waals surface area contributed by atoms with Gasteiger partial charge in [-0.25, -0.2) is 49.9 Å². The number of hydrogen-bond donors (Lipinski definition) is 9. The molecule has 12 fully saturated rings. The molecule has 0 unspecified atom stereocenters. The minimum atomic E-state index is -3.57. The van der Waals surface area contributed by atoms with E-state index in [-0.39, 0.29) is 193 Å². The highest BCUT2D eigenvalue weighted by Gasteiger charge is 2.61. The molecule has 798 valence electrons. The van der Waals surface area contributed by atoms with Crippen LogP contribution >= 0.6 is 0 Å². The lowest BCUT2D eigenvalue weighted by Gasteiger charge is -2.49. The van der Waals surface area contributed by atoms with Crippen LogP contribution in [0.1, 0.15) is 160 Å². The largest absolute Gasteiger partial charge is 0.462 e. The minimum absolute atomic E-state index is 0.0123. The predicted molar refractivity (Wildman–Crippen MR) is 558 cm³/mol. The average molecular weight is 2080 g/mol. The van der Waals surface area contributed by atoms with Gasteiger partial charge in [0.25, 0.3) is 0 Å². The van der Waals surface area contributed by atoms with Gasteiger partial charge in [0.1, 0.15) is 35.2 Å². The molecule has 4 aromatic heterocycles. The number of amides is 5. The molecule has 12 aliphatic rings. The minimum Gasteiger partial charge on any atom is -0.462 e. The number of aromatic nitrogens is 4. The maximum Gasteiger partial charge on any atom is 0.407 e. The molecule has 7 heterocycles. The van der Waals surface area contributed by atoms with Crippen LogP contribution in [0.15, 0.2) is 195 Å². The summed E-state index contributed by atoms with van der Waals surface area (Å²) in [6, 6.07) is 40.6. The van der Waals surface area contributed by atoms with Crippen LogP contribution in [0.5, 0.6) is 0 Å². The zero-order valence-electron chi connectivity index (χ0n) is 85.3. The van der Waals surface area contributed by atoms with Crippen molar-refractivity contribution in [3.63, 3.8) is 0 Å². The Balaban J connectivity index is 0.000000136. The first-order valence-electron chi connectivity index (χ1n) is 53.4. The standard InChI is InChI=1S/C30H36FN3O4.C30H35FN2O4.C29H33FN2O5.C28H34FN3O5S/c1-3-38-30(37)33-23-10-11-24-20(14-23)15-27-28(26(17-35)29(36)34(27)2)25(24)12-9-22-8-7-19(16-32-22)18-5-4-6-21(31)13-18;1-2-37-30(36)33-24-9-10-25-20(14-24)12-21-15-28(35)27(17-34)29(21)26(25)11-8-23-7-6-19(16-32-23)18-4-3-5-22(31)13-18;1-2-36-29(35)32-22-9-10-23-19(13-22)14-26-27(25(16-33)28(34)37-26)24(23)11-8-21-7-6-18(15-31-21)17-4-3-5-20(30)12-17;1-2-37-28(34)31-22-9-10-23-19(13-22)14-26-27(25(16-33)32-38(26,35)36)24(23)11-8-21-7-6-18(15-30-21)17-4-3-5-20(29)12-17/h4-9,12-13,16,20,23-28,35H,3,10-11,14-15,17H2,1-2H3,(H,33,37);3-8,11,13,16,20-21,24-27,29,34H,2,9-10,12,14-15,17H2,1H3,(H,33,36);3-8,11-12,15,19,22-27,33H,2,9-10,13-14,16H2,1H3,(H,32,35);3-8,11-12,15,19,22-27,32-33H,2,9-10,13-14,16H2,1H3,(H,31,34)/b12-9+;3*11-8+/t20-,23+,24+,25-,26+,27+,28+;20-,21+,24-,25-,26+,27+,29-;2*19-,22+,23+,24-,25+,26+,27+/m0100/s1. The van der Waals surface area contributed by atoms with E-state index >= 15 is 0 Å². The maximum absolute atomic E-state index is 13.6. The number of aliphatic hydroxyl groups excluding tert-OH is 4. The molecular formula is C117H138F4N10O18S. The van der Waals surface area contributed by atoms with Crippen LogP contribution in [0.3, 0.4) is 0 Å². The number of allylic oxidation sites excluding steroid dienone is 4. The Hall–Kier alpha value is -12.4. The highest BCUT2D eigenvalue weighted by Crippen LogP contribution is 2.59. The summed E-state index contributed by atoms with van der Waals surface area (Å²) in [6.45, 7) is 7.72. The first-order chi connectivity index (χ1) is 72.6. The fourth-order valence-electron chi connectivity index (χ4n) is 27.6. The number of ketones is 1. The second-order valence-corrected chi connectivity index (χ2v) is 44.3. The Morgan fingerprint density at radius 3 is 1.08 bits per heavy atom. The van der Waals surface area contributed by atoms with Gasteiger partial charge in [-0.1, -0.05) is 97.1 Å². The molecule has 5 amide bonds. The topological polar surface area (TPSA) is 396 Å². The van der Waals surface area contributed by atoms with Crippen LogP contribution < -0.4 is 26.0 Å². The lowest BCUT2D eigenvalue weighted by molar-refractivity contribution is -0.146. The van der Waals surface area contributed by atoms with Crippen LogP contribution in [0.4, 0.5) is 36.7 Å². The molecule has 20 rings (SSSR count). The Morgan fingerprint density at radius 2 is 0.740 bits per heavy atom. The molecule has 0 bridgehead atoms. The van der Waals surface area contributed by atoms with Crippen molar-refractivity contribution < 1.29 is 104 Å².